The molecule has 0 saturated carbocycles. The van der Waals surface area contributed by atoms with E-state index >= 15 is 0 Å². The van der Waals surface area contributed by atoms with Gasteiger partial charge in [-0.15, -0.1) is 0 Å². The van der Waals surface area contributed by atoms with Crippen LogP contribution in [0.5, 0.6) is 11.5 Å². The summed E-state index contributed by atoms with van der Waals surface area (Å²) in [4.78, 5) is 2.08. The Balaban J connectivity index is 2.23. The van der Waals surface area contributed by atoms with Gasteiger partial charge in [0.2, 0.25) is 0 Å². The number of benzene rings is 2. The van der Waals surface area contributed by atoms with Gasteiger partial charge in [-0.1, -0.05) is 30.0 Å². The van der Waals surface area contributed by atoms with E-state index < -0.39 is 0 Å². The summed E-state index contributed by atoms with van der Waals surface area (Å²) in [6.07, 6.45) is 1.68. The lowest BCUT2D eigenvalue weighted by Gasteiger charge is -2.10. The molecule has 0 bridgehead atoms. The maximum Gasteiger partial charge on any atom is 0.184 e. The van der Waals surface area contributed by atoms with Crippen LogP contribution in [0.2, 0.25) is 0 Å². The van der Waals surface area contributed by atoms with Gasteiger partial charge in [0.05, 0.1) is 20.4 Å². The highest BCUT2D eigenvalue weighted by molar-refractivity contribution is 7.99. The first-order valence-corrected chi connectivity index (χ1v) is 7.94. The molecular formula is C16H17N3O2S2. The van der Waals surface area contributed by atoms with Crippen LogP contribution in [0.15, 0.2) is 57.4 Å². The number of thiocarbonyl (C=S) groups is 1. The summed E-state index contributed by atoms with van der Waals surface area (Å²) < 4.78 is 10.6. The Labute approximate surface area is 144 Å². The molecule has 0 radical (unpaired) electrons. The monoisotopic (exact) mass is 347 g/mol. The van der Waals surface area contributed by atoms with E-state index in [4.69, 9.17) is 27.4 Å². The van der Waals surface area contributed by atoms with E-state index in [0.717, 1.165) is 15.4 Å². The molecular weight excluding hydrogens is 330 g/mol. The quantitative estimate of drug-likeness (QED) is 0.476. The highest BCUT2D eigenvalue weighted by Gasteiger charge is 2.07. The summed E-state index contributed by atoms with van der Waals surface area (Å²) in [5, 5.41) is 4.14. The summed E-state index contributed by atoms with van der Waals surface area (Å²) in [6, 6.07) is 13.7. The van der Waals surface area contributed by atoms with Crippen LogP contribution < -0.4 is 20.6 Å². The molecule has 2 rings (SSSR count). The molecule has 2 aromatic carbocycles. The normalized spacial score (nSPS) is 10.5. The summed E-state index contributed by atoms with van der Waals surface area (Å²) in [6.45, 7) is 0. The molecule has 2 aromatic rings. The van der Waals surface area contributed by atoms with Crippen LogP contribution in [0.4, 0.5) is 0 Å². The summed E-state index contributed by atoms with van der Waals surface area (Å²) in [5.41, 5.74) is 8.86. The highest BCUT2D eigenvalue weighted by atomic mass is 32.2. The molecule has 0 heterocycles. The smallest absolute Gasteiger partial charge is 0.184 e. The Morgan fingerprint density at radius 1 is 1.17 bits per heavy atom. The second kappa shape index (κ2) is 8.40. The van der Waals surface area contributed by atoms with Crippen molar-refractivity contribution in [1.29, 1.82) is 0 Å². The number of ether oxygens (including phenoxy) is 2. The zero-order chi connectivity index (χ0) is 16.7. The zero-order valence-electron chi connectivity index (χ0n) is 12.8. The molecule has 0 fully saturated rings. The molecule has 0 amide bonds. The van der Waals surface area contributed by atoms with Gasteiger partial charge in [0.25, 0.3) is 0 Å². The number of rotatable bonds is 6. The lowest BCUT2D eigenvalue weighted by molar-refractivity contribution is 0.354. The third kappa shape index (κ3) is 4.87. The average Bonchev–Trinajstić information content (AvgIpc) is 2.56. The van der Waals surface area contributed by atoms with E-state index in [1.165, 1.54) is 0 Å². The van der Waals surface area contributed by atoms with Gasteiger partial charge in [0.15, 0.2) is 16.6 Å². The molecule has 0 aliphatic carbocycles. The molecule has 0 atom stereocenters. The average molecular weight is 347 g/mol. The number of hydrogen-bond donors (Lipinski definition) is 2. The lowest BCUT2D eigenvalue weighted by Crippen LogP contribution is -2.24. The van der Waals surface area contributed by atoms with Crippen LogP contribution in [-0.4, -0.2) is 25.5 Å². The SMILES string of the molecule is COc1ccc(Sc2ccccc2C=NNC(N)=S)cc1OC. The van der Waals surface area contributed by atoms with Gasteiger partial charge in [-0.05, 0) is 36.5 Å². The van der Waals surface area contributed by atoms with Crippen molar-refractivity contribution in [2.24, 2.45) is 10.8 Å². The molecule has 0 aromatic heterocycles. The number of methoxy groups -OCH3 is 2. The number of hydrogen-bond acceptors (Lipinski definition) is 5. The first kappa shape index (κ1) is 17.1. The minimum Gasteiger partial charge on any atom is -0.493 e. The Morgan fingerprint density at radius 3 is 2.61 bits per heavy atom. The van der Waals surface area contributed by atoms with Crippen LogP contribution in [0.1, 0.15) is 5.56 Å². The Kier molecular flexibility index (Phi) is 6.25. The van der Waals surface area contributed by atoms with E-state index in [0.29, 0.717) is 11.5 Å². The third-order valence-corrected chi connectivity index (χ3v) is 4.05. The third-order valence-electron chi connectivity index (χ3n) is 2.88. The van der Waals surface area contributed by atoms with Crippen molar-refractivity contribution in [2.75, 3.05) is 14.2 Å². The van der Waals surface area contributed by atoms with Crippen LogP contribution in [0, 0.1) is 0 Å². The van der Waals surface area contributed by atoms with Crippen molar-refractivity contribution >= 4 is 35.3 Å². The standard InChI is InChI=1S/C16H17N3O2S2/c1-20-13-8-7-12(9-14(13)21-2)23-15-6-4-3-5-11(15)10-18-19-16(17)22/h3-10H,1-2H3,(H3,17,19,22). The van der Waals surface area contributed by atoms with Gasteiger partial charge in [-0.2, -0.15) is 5.10 Å². The van der Waals surface area contributed by atoms with Gasteiger partial charge >= 0.3 is 0 Å². The second-order valence-corrected chi connectivity index (χ2v) is 5.95. The Morgan fingerprint density at radius 2 is 1.91 bits per heavy atom. The molecule has 3 N–H and O–H groups in total. The fraction of sp³-hybridized carbons (Fsp3) is 0.125. The van der Waals surface area contributed by atoms with E-state index in [-0.39, 0.29) is 5.11 Å². The van der Waals surface area contributed by atoms with Crippen molar-refractivity contribution < 1.29 is 9.47 Å². The molecule has 0 spiro atoms. The summed E-state index contributed by atoms with van der Waals surface area (Å²) in [5.74, 6) is 1.39. The summed E-state index contributed by atoms with van der Waals surface area (Å²) in [7, 11) is 3.24. The highest BCUT2D eigenvalue weighted by Crippen LogP contribution is 2.36. The molecule has 0 aliphatic rings. The fourth-order valence-corrected chi connectivity index (χ4v) is 2.85. The van der Waals surface area contributed by atoms with Crippen LogP contribution >= 0.6 is 24.0 Å². The largest absolute Gasteiger partial charge is 0.493 e. The van der Waals surface area contributed by atoms with Gasteiger partial charge in [-0.25, -0.2) is 0 Å². The molecule has 0 unspecified atom stereocenters. The van der Waals surface area contributed by atoms with Crippen molar-refractivity contribution in [3.63, 3.8) is 0 Å². The van der Waals surface area contributed by atoms with Crippen molar-refractivity contribution in [3.8, 4) is 11.5 Å². The van der Waals surface area contributed by atoms with E-state index in [1.807, 2.05) is 42.5 Å². The molecule has 0 aliphatic heterocycles. The second-order valence-electron chi connectivity index (χ2n) is 4.39. The Bertz CT molecular complexity index is 720. The van der Waals surface area contributed by atoms with E-state index in [1.54, 1.807) is 32.2 Å². The molecule has 23 heavy (non-hydrogen) atoms. The van der Waals surface area contributed by atoms with Crippen LogP contribution in [0.25, 0.3) is 0 Å². The summed E-state index contributed by atoms with van der Waals surface area (Å²) >= 11 is 6.33. The molecule has 7 heteroatoms. The lowest BCUT2D eigenvalue weighted by atomic mass is 10.2. The van der Waals surface area contributed by atoms with Gasteiger partial charge < -0.3 is 15.2 Å². The topological polar surface area (TPSA) is 68.9 Å². The number of hydrazone groups is 1. The van der Waals surface area contributed by atoms with Crippen LogP contribution in [0.3, 0.4) is 0 Å². The first-order valence-electron chi connectivity index (χ1n) is 6.71. The predicted octanol–water partition coefficient (Wildman–Crippen LogP) is 3.02. The maximum atomic E-state index is 5.35. The van der Waals surface area contributed by atoms with Gasteiger partial charge in [0.1, 0.15) is 0 Å². The van der Waals surface area contributed by atoms with Crippen molar-refractivity contribution in [3.05, 3.63) is 48.0 Å². The number of nitrogens with two attached hydrogens (primary N) is 1. The van der Waals surface area contributed by atoms with Crippen molar-refractivity contribution in [2.45, 2.75) is 9.79 Å². The number of nitrogens with one attached hydrogen (secondary N) is 1. The van der Waals surface area contributed by atoms with Crippen molar-refractivity contribution in [1.82, 2.24) is 5.43 Å². The van der Waals surface area contributed by atoms with E-state index in [9.17, 15) is 0 Å². The van der Waals surface area contributed by atoms with Crippen LogP contribution in [-0.2, 0) is 0 Å². The zero-order valence-corrected chi connectivity index (χ0v) is 14.4. The van der Waals surface area contributed by atoms with E-state index in [2.05, 4.69) is 10.5 Å². The predicted molar refractivity (Wildman–Crippen MR) is 97.6 cm³/mol. The minimum absolute atomic E-state index is 0.131. The number of nitrogens with zero attached hydrogens (tertiary/aromatic N) is 1. The first-order chi connectivity index (χ1) is 11.1. The molecule has 0 saturated heterocycles. The Hall–Kier alpha value is -2.25. The minimum atomic E-state index is 0.131. The fourth-order valence-electron chi connectivity index (χ4n) is 1.85. The maximum absolute atomic E-state index is 5.35. The van der Waals surface area contributed by atoms with Gasteiger partial charge in [-0.3, -0.25) is 5.43 Å². The molecule has 5 nitrogen and oxygen atoms in total. The van der Waals surface area contributed by atoms with Gasteiger partial charge in [0, 0.05) is 15.4 Å². The molecule has 120 valence electrons.